The van der Waals surface area contributed by atoms with E-state index in [9.17, 15) is 0 Å². The lowest BCUT2D eigenvalue weighted by Crippen LogP contribution is -1.73. The van der Waals surface area contributed by atoms with Crippen molar-refractivity contribution >= 4 is 6.08 Å². The number of hydrogen-bond acceptors (Lipinski definition) is 1. The van der Waals surface area contributed by atoms with E-state index in [1.54, 1.807) is 6.08 Å². The monoisotopic (exact) mass is 226 g/mol. The molecule has 0 aromatic heterocycles. The minimum atomic E-state index is 0.0825. The molecular formula is C16H18O. The summed E-state index contributed by atoms with van der Waals surface area (Å²) in [5, 5.41) is 8.54. The zero-order valence-corrected chi connectivity index (χ0v) is 9.92. The standard InChI is InChI=1S/C16H18O/c1-15(9-5-2-3-8-14-17)12-13-16-10-6-4-7-11-16/h2-8,10-13,17H,1,9,14H2/b5-2+,8-3-,13-12+. The minimum Gasteiger partial charge on any atom is -0.392 e. The van der Waals surface area contributed by atoms with Crippen LogP contribution in [0, 0.1) is 0 Å². The number of hydrogen-bond donors (Lipinski definition) is 1. The molecule has 0 aliphatic heterocycles. The first-order chi connectivity index (χ1) is 8.33. The van der Waals surface area contributed by atoms with Crippen molar-refractivity contribution in [1.29, 1.82) is 0 Å². The lowest BCUT2D eigenvalue weighted by Gasteiger charge is -1.94. The molecule has 1 N–H and O–H groups in total. The normalized spacial score (nSPS) is 11.8. The topological polar surface area (TPSA) is 20.2 Å². The van der Waals surface area contributed by atoms with Crippen molar-refractivity contribution in [1.82, 2.24) is 0 Å². The van der Waals surface area contributed by atoms with Crippen LogP contribution >= 0.6 is 0 Å². The van der Waals surface area contributed by atoms with Crippen LogP contribution in [-0.4, -0.2) is 11.7 Å². The van der Waals surface area contributed by atoms with Gasteiger partial charge in [-0.05, 0) is 12.0 Å². The average molecular weight is 226 g/mol. The summed E-state index contributed by atoms with van der Waals surface area (Å²) in [5.74, 6) is 0. The molecule has 1 aromatic carbocycles. The van der Waals surface area contributed by atoms with E-state index in [2.05, 4.69) is 24.8 Å². The molecule has 0 bridgehead atoms. The highest BCUT2D eigenvalue weighted by Crippen LogP contribution is 2.07. The highest BCUT2D eigenvalue weighted by atomic mass is 16.2. The van der Waals surface area contributed by atoms with Gasteiger partial charge in [-0.1, -0.05) is 78.9 Å². The van der Waals surface area contributed by atoms with E-state index in [-0.39, 0.29) is 6.61 Å². The van der Waals surface area contributed by atoms with Gasteiger partial charge in [0.05, 0.1) is 6.61 Å². The van der Waals surface area contributed by atoms with Crippen LogP contribution in [0.2, 0.25) is 0 Å². The molecule has 88 valence electrons. The molecule has 1 nitrogen and oxygen atoms in total. The Kier molecular flexibility index (Phi) is 6.46. The summed E-state index contributed by atoms with van der Waals surface area (Å²) in [7, 11) is 0. The third-order valence-corrected chi connectivity index (χ3v) is 2.18. The van der Waals surface area contributed by atoms with Gasteiger partial charge in [-0.2, -0.15) is 0 Å². The molecule has 1 aromatic rings. The Bertz CT molecular complexity index is 410. The van der Waals surface area contributed by atoms with E-state index < -0.39 is 0 Å². The predicted octanol–water partition coefficient (Wildman–Crippen LogP) is 3.75. The molecule has 1 heteroatoms. The van der Waals surface area contributed by atoms with Crippen LogP contribution < -0.4 is 0 Å². The largest absolute Gasteiger partial charge is 0.392 e. The van der Waals surface area contributed by atoms with E-state index in [1.165, 1.54) is 5.56 Å². The summed E-state index contributed by atoms with van der Waals surface area (Å²) in [6.07, 6.45) is 12.4. The molecule has 17 heavy (non-hydrogen) atoms. The van der Waals surface area contributed by atoms with Gasteiger partial charge in [-0.3, -0.25) is 0 Å². The zero-order valence-electron chi connectivity index (χ0n) is 9.92. The van der Waals surface area contributed by atoms with Crippen molar-refractivity contribution in [2.24, 2.45) is 0 Å². The van der Waals surface area contributed by atoms with Gasteiger partial charge in [0, 0.05) is 0 Å². The molecule has 0 aliphatic rings. The van der Waals surface area contributed by atoms with Crippen LogP contribution in [0.15, 0.2) is 72.9 Å². The fraction of sp³-hybridized carbons (Fsp3) is 0.125. The summed E-state index contributed by atoms with van der Waals surface area (Å²) in [6, 6.07) is 10.2. The second-order valence-corrected chi connectivity index (χ2v) is 3.65. The molecule has 0 amide bonds. The van der Waals surface area contributed by atoms with E-state index in [1.807, 2.05) is 42.5 Å². The fourth-order valence-electron chi connectivity index (χ4n) is 1.28. The maximum Gasteiger partial charge on any atom is 0.0615 e. The van der Waals surface area contributed by atoms with Crippen LogP contribution in [0.25, 0.3) is 6.08 Å². The zero-order chi connectivity index (χ0) is 12.3. The molecule has 0 radical (unpaired) electrons. The summed E-state index contributed by atoms with van der Waals surface area (Å²) >= 11 is 0. The van der Waals surface area contributed by atoms with Gasteiger partial charge in [-0.25, -0.2) is 0 Å². The van der Waals surface area contributed by atoms with Gasteiger partial charge >= 0.3 is 0 Å². The SMILES string of the molecule is C=C(/C=C/c1ccccc1)C/C=C/C=C\CO. The number of aliphatic hydroxyl groups is 1. The first kappa shape index (κ1) is 13.2. The van der Waals surface area contributed by atoms with Gasteiger partial charge in [-0.15, -0.1) is 0 Å². The lowest BCUT2D eigenvalue weighted by atomic mass is 10.1. The van der Waals surface area contributed by atoms with Crippen molar-refractivity contribution in [2.75, 3.05) is 6.61 Å². The fourth-order valence-corrected chi connectivity index (χ4v) is 1.28. The summed E-state index contributed by atoms with van der Waals surface area (Å²) in [5.41, 5.74) is 2.24. The Hall–Kier alpha value is -1.86. The van der Waals surface area contributed by atoms with Crippen molar-refractivity contribution in [2.45, 2.75) is 6.42 Å². The minimum absolute atomic E-state index is 0.0825. The van der Waals surface area contributed by atoms with E-state index in [0.717, 1.165) is 12.0 Å². The van der Waals surface area contributed by atoms with Crippen molar-refractivity contribution in [3.63, 3.8) is 0 Å². The number of aliphatic hydroxyl groups excluding tert-OH is 1. The third kappa shape index (κ3) is 6.33. The summed E-state index contributed by atoms with van der Waals surface area (Å²) < 4.78 is 0. The molecule has 0 aliphatic carbocycles. The van der Waals surface area contributed by atoms with Gasteiger partial charge < -0.3 is 5.11 Å². The molecule has 0 saturated heterocycles. The summed E-state index contributed by atoms with van der Waals surface area (Å²) in [4.78, 5) is 0. The van der Waals surface area contributed by atoms with Gasteiger partial charge in [0.15, 0.2) is 0 Å². The van der Waals surface area contributed by atoms with Crippen LogP contribution in [0.4, 0.5) is 0 Å². The Labute approximate surface area is 103 Å². The molecule has 0 saturated carbocycles. The highest BCUT2D eigenvalue weighted by molar-refractivity contribution is 5.52. The van der Waals surface area contributed by atoms with E-state index in [4.69, 9.17) is 5.11 Å². The molecule has 0 unspecified atom stereocenters. The first-order valence-corrected chi connectivity index (χ1v) is 5.66. The van der Waals surface area contributed by atoms with Gasteiger partial charge in [0.2, 0.25) is 0 Å². The number of allylic oxidation sites excluding steroid dienone is 5. The molecule has 0 spiro atoms. The van der Waals surface area contributed by atoms with Crippen molar-refractivity contribution in [3.8, 4) is 0 Å². The second-order valence-electron chi connectivity index (χ2n) is 3.65. The molecular weight excluding hydrogens is 208 g/mol. The van der Waals surface area contributed by atoms with Crippen LogP contribution in [0.3, 0.4) is 0 Å². The lowest BCUT2D eigenvalue weighted by molar-refractivity contribution is 0.343. The Morgan fingerprint density at radius 2 is 1.82 bits per heavy atom. The first-order valence-electron chi connectivity index (χ1n) is 5.66. The Morgan fingerprint density at radius 3 is 2.53 bits per heavy atom. The van der Waals surface area contributed by atoms with Crippen LogP contribution in [-0.2, 0) is 0 Å². The smallest absolute Gasteiger partial charge is 0.0615 e. The molecule has 1 rings (SSSR count). The van der Waals surface area contributed by atoms with Crippen LogP contribution in [0.5, 0.6) is 0 Å². The van der Waals surface area contributed by atoms with E-state index >= 15 is 0 Å². The quantitative estimate of drug-likeness (QED) is 0.732. The van der Waals surface area contributed by atoms with Gasteiger partial charge in [0.25, 0.3) is 0 Å². The molecule has 0 heterocycles. The van der Waals surface area contributed by atoms with Crippen LogP contribution in [0.1, 0.15) is 12.0 Å². The Balaban J connectivity index is 2.37. The molecule has 0 atom stereocenters. The van der Waals surface area contributed by atoms with Crippen molar-refractivity contribution in [3.05, 3.63) is 78.4 Å². The number of rotatable bonds is 6. The maximum atomic E-state index is 8.54. The number of benzene rings is 1. The Morgan fingerprint density at radius 1 is 1.12 bits per heavy atom. The van der Waals surface area contributed by atoms with Gasteiger partial charge in [0.1, 0.15) is 0 Å². The highest BCUT2D eigenvalue weighted by Gasteiger charge is 1.85. The average Bonchev–Trinajstić information content (AvgIpc) is 2.37. The second kappa shape index (κ2) is 8.31. The summed E-state index contributed by atoms with van der Waals surface area (Å²) in [6.45, 7) is 4.06. The van der Waals surface area contributed by atoms with Crippen molar-refractivity contribution < 1.29 is 5.11 Å². The maximum absolute atomic E-state index is 8.54. The predicted molar refractivity (Wildman–Crippen MR) is 74.6 cm³/mol. The third-order valence-electron chi connectivity index (χ3n) is 2.18. The molecule has 0 fully saturated rings. The van der Waals surface area contributed by atoms with E-state index in [0.29, 0.717) is 0 Å².